The van der Waals surface area contributed by atoms with Gasteiger partial charge in [-0.1, -0.05) is 60.5 Å². The van der Waals surface area contributed by atoms with Gasteiger partial charge in [-0.2, -0.15) is 0 Å². The van der Waals surface area contributed by atoms with Crippen LogP contribution in [0.1, 0.15) is 52.0 Å². The number of carbonyl (C=O) groups excluding carboxylic acids is 1. The van der Waals surface area contributed by atoms with Crippen molar-refractivity contribution in [1.29, 1.82) is 0 Å². The first kappa shape index (κ1) is 22.6. The average molecular weight is 437 g/mol. The molecule has 162 valence electrons. The smallest absolute Gasteiger partial charge is 0.261 e. The fraction of sp³-hybridized carbons (Fsp3) is 0.240. The van der Waals surface area contributed by atoms with Gasteiger partial charge in [-0.05, 0) is 62.6 Å². The third-order valence-electron chi connectivity index (χ3n) is 5.26. The molecule has 0 unspecified atom stereocenters. The van der Waals surface area contributed by atoms with Crippen molar-refractivity contribution in [3.8, 4) is 0 Å². The summed E-state index contributed by atoms with van der Waals surface area (Å²) < 4.78 is 28.2. The summed E-state index contributed by atoms with van der Waals surface area (Å²) in [6.45, 7) is 7.97. The van der Waals surface area contributed by atoms with E-state index in [2.05, 4.69) is 16.1 Å². The molecule has 6 heteroatoms. The van der Waals surface area contributed by atoms with E-state index in [4.69, 9.17) is 0 Å². The maximum atomic E-state index is 13.1. The monoisotopic (exact) mass is 436 g/mol. The van der Waals surface area contributed by atoms with Crippen molar-refractivity contribution in [2.45, 2.75) is 45.1 Å². The third kappa shape index (κ3) is 5.33. The van der Waals surface area contributed by atoms with E-state index in [1.54, 1.807) is 48.5 Å². The number of aryl methyl sites for hydroxylation is 3. The molecule has 0 saturated heterocycles. The zero-order valence-electron chi connectivity index (χ0n) is 18.3. The molecule has 5 nitrogen and oxygen atoms in total. The Bertz CT molecular complexity index is 1190. The van der Waals surface area contributed by atoms with Crippen LogP contribution in [0.15, 0.2) is 71.6 Å². The number of anilines is 1. The van der Waals surface area contributed by atoms with Crippen LogP contribution in [0.3, 0.4) is 0 Å². The number of hydrogen-bond donors (Lipinski definition) is 2. The summed E-state index contributed by atoms with van der Waals surface area (Å²) >= 11 is 0. The number of rotatable bonds is 7. The fourth-order valence-corrected chi connectivity index (χ4v) is 4.62. The minimum Gasteiger partial charge on any atom is -0.345 e. The molecule has 0 spiro atoms. The van der Waals surface area contributed by atoms with E-state index in [0.717, 1.165) is 16.7 Å². The van der Waals surface area contributed by atoms with E-state index in [1.807, 2.05) is 39.8 Å². The number of para-hydroxylation sites is 1. The normalized spacial score (nSPS) is 12.3. The molecule has 0 bridgehead atoms. The Balaban J connectivity index is 1.86. The van der Waals surface area contributed by atoms with Gasteiger partial charge in [0, 0.05) is 0 Å². The Morgan fingerprint density at radius 1 is 0.903 bits per heavy atom. The quantitative estimate of drug-likeness (QED) is 0.528. The van der Waals surface area contributed by atoms with Crippen molar-refractivity contribution < 1.29 is 13.2 Å². The Morgan fingerprint density at radius 2 is 1.55 bits per heavy atom. The third-order valence-corrected chi connectivity index (χ3v) is 6.64. The van der Waals surface area contributed by atoms with Crippen molar-refractivity contribution in [2.24, 2.45) is 0 Å². The SMILES string of the molecule is CC[C@@H](NC(=O)c1ccccc1NS(=O)(=O)c1ccc(C)cc1)c1ccc(C)cc1C. The van der Waals surface area contributed by atoms with Gasteiger partial charge in [0.15, 0.2) is 0 Å². The minimum absolute atomic E-state index is 0.148. The van der Waals surface area contributed by atoms with Crippen LogP contribution < -0.4 is 10.0 Å². The lowest BCUT2D eigenvalue weighted by molar-refractivity contribution is 0.0936. The average Bonchev–Trinajstić information content (AvgIpc) is 2.72. The first-order valence-corrected chi connectivity index (χ1v) is 11.8. The molecule has 0 aliphatic carbocycles. The van der Waals surface area contributed by atoms with Gasteiger partial charge in [0.05, 0.1) is 22.2 Å². The van der Waals surface area contributed by atoms with Crippen molar-refractivity contribution >= 4 is 21.6 Å². The number of amides is 1. The predicted octanol–water partition coefficient (Wildman–Crippen LogP) is 5.29. The molecule has 0 radical (unpaired) electrons. The standard InChI is InChI=1S/C25H28N2O3S/c1-5-23(21-15-12-18(3)16-19(21)4)26-25(28)22-8-6-7-9-24(22)27-31(29,30)20-13-10-17(2)11-14-20/h6-16,23,27H,5H2,1-4H3,(H,26,28)/t23-/m1/s1. The van der Waals surface area contributed by atoms with Gasteiger partial charge in [-0.3, -0.25) is 9.52 Å². The molecule has 3 aromatic carbocycles. The Labute approximate surface area is 184 Å². The van der Waals surface area contributed by atoms with Crippen LogP contribution in [-0.2, 0) is 10.0 Å². The maximum absolute atomic E-state index is 13.1. The first-order valence-electron chi connectivity index (χ1n) is 10.3. The Hall–Kier alpha value is -3.12. The second kappa shape index (κ2) is 9.35. The van der Waals surface area contributed by atoms with Gasteiger partial charge in [0.2, 0.25) is 0 Å². The number of carbonyl (C=O) groups is 1. The molecule has 31 heavy (non-hydrogen) atoms. The maximum Gasteiger partial charge on any atom is 0.261 e. The lowest BCUT2D eigenvalue weighted by Gasteiger charge is -2.21. The molecule has 0 saturated carbocycles. The summed E-state index contributed by atoms with van der Waals surface area (Å²) in [5, 5.41) is 3.06. The second-order valence-corrected chi connectivity index (χ2v) is 9.44. The highest BCUT2D eigenvalue weighted by molar-refractivity contribution is 7.92. The molecular weight excluding hydrogens is 408 g/mol. The van der Waals surface area contributed by atoms with Gasteiger partial charge < -0.3 is 5.32 Å². The number of sulfonamides is 1. The van der Waals surface area contributed by atoms with Crippen LogP contribution in [0, 0.1) is 20.8 Å². The van der Waals surface area contributed by atoms with Gasteiger partial charge in [-0.15, -0.1) is 0 Å². The summed E-state index contributed by atoms with van der Waals surface area (Å²) in [6, 6.07) is 19.2. The molecule has 3 aromatic rings. The molecule has 2 N–H and O–H groups in total. The predicted molar refractivity (Wildman–Crippen MR) is 125 cm³/mol. The molecule has 1 amide bonds. The molecular formula is C25H28N2O3S. The first-order chi connectivity index (χ1) is 14.7. The molecule has 3 rings (SSSR count). The highest BCUT2D eigenvalue weighted by Crippen LogP contribution is 2.25. The molecule has 1 atom stereocenters. The minimum atomic E-state index is -3.81. The van der Waals surface area contributed by atoms with Crippen LogP contribution >= 0.6 is 0 Å². The van der Waals surface area contributed by atoms with Crippen LogP contribution in [-0.4, -0.2) is 14.3 Å². The van der Waals surface area contributed by atoms with Crippen LogP contribution in [0.5, 0.6) is 0 Å². The zero-order valence-corrected chi connectivity index (χ0v) is 19.1. The largest absolute Gasteiger partial charge is 0.345 e. The highest BCUT2D eigenvalue weighted by atomic mass is 32.2. The van der Waals surface area contributed by atoms with Crippen molar-refractivity contribution in [3.63, 3.8) is 0 Å². The van der Waals surface area contributed by atoms with Crippen LogP contribution in [0.25, 0.3) is 0 Å². The van der Waals surface area contributed by atoms with E-state index >= 15 is 0 Å². The number of nitrogens with one attached hydrogen (secondary N) is 2. The molecule has 0 aromatic heterocycles. The zero-order chi connectivity index (χ0) is 22.6. The van der Waals surface area contributed by atoms with E-state index in [0.29, 0.717) is 6.42 Å². The van der Waals surface area contributed by atoms with Gasteiger partial charge in [0.25, 0.3) is 15.9 Å². The van der Waals surface area contributed by atoms with E-state index in [9.17, 15) is 13.2 Å². The Morgan fingerprint density at radius 3 is 2.19 bits per heavy atom. The van der Waals surface area contributed by atoms with E-state index in [1.165, 1.54) is 5.56 Å². The molecule has 0 aliphatic rings. The molecule has 0 aliphatic heterocycles. The number of benzene rings is 3. The fourth-order valence-electron chi connectivity index (χ4n) is 3.54. The summed E-state index contributed by atoms with van der Waals surface area (Å²) in [6.07, 6.45) is 0.715. The van der Waals surface area contributed by atoms with Crippen LogP contribution in [0.4, 0.5) is 5.69 Å². The van der Waals surface area contributed by atoms with Gasteiger partial charge in [0.1, 0.15) is 0 Å². The topological polar surface area (TPSA) is 75.3 Å². The van der Waals surface area contributed by atoms with E-state index in [-0.39, 0.29) is 28.1 Å². The van der Waals surface area contributed by atoms with Crippen molar-refractivity contribution in [2.75, 3.05) is 4.72 Å². The van der Waals surface area contributed by atoms with Gasteiger partial charge in [-0.25, -0.2) is 8.42 Å². The summed E-state index contributed by atoms with van der Waals surface area (Å²) in [5.41, 5.74) is 4.83. The number of hydrogen-bond acceptors (Lipinski definition) is 3. The van der Waals surface area contributed by atoms with Crippen molar-refractivity contribution in [1.82, 2.24) is 5.32 Å². The Kier molecular flexibility index (Phi) is 6.81. The lowest BCUT2D eigenvalue weighted by atomic mass is 9.97. The summed E-state index contributed by atoms with van der Waals surface area (Å²) in [7, 11) is -3.81. The van der Waals surface area contributed by atoms with E-state index < -0.39 is 10.0 Å². The summed E-state index contributed by atoms with van der Waals surface area (Å²) in [4.78, 5) is 13.3. The van der Waals surface area contributed by atoms with Gasteiger partial charge >= 0.3 is 0 Å². The second-order valence-electron chi connectivity index (χ2n) is 7.76. The lowest BCUT2D eigenvalue weighted by Crippen LogP contribution is -2.29. The van der Waals surface area contributed by atoms with Crippen molar-refractivity contribution in [3.05, 3.63) is 94.5 Å². The molecule has 0 heterocycles. The highest BCUT2D eigenvalue weighted by Gasteiger charge is 2.21. The molecule has 0 fully saturated rings. The van der Waals surface area contributed by atoms with Crippen LogP contribution in [0.2, 0.25) is 0 Å². The summed E-state index contributed by atoms with van der Waals surface area (Å²) in [5.74, 6) is -0.325.